The molecule has 0 saturated carbocycles. The topological polar surface area (TPSA) is 81.5 Å². The van der Waals surface area contributed by atoms with Gasteiger partial charge >= 0.3 is 0 Å². The van der Waals surface area contributed by atoms with Crippen molar-refractivity contribution < 1.29 is 29.0 Å². The third kappa shape index (κ3) is 5.77. The maximum Gasteiger partial charge on any atom is 0.223 e. The minimum absolute atomic E-state index is 0.0297. The van der Waals surface area contributed by atoms with Gasteiger partial charge in [-0.2, -0.15) is 0 Å². The number of aliphatic hydroxyl groups is 1. The van der Waals surface area contributed by atoms with Crippen molar-refractivity contribution in [1.82, 2.24) is 5.32 Å². The highest BCUT2D eigenvalue weighted by atomic mass is 16.5. The van der Waals surface area contributed by atoms with Gasteiger partial charge in [0.1, 0.15) is 25.4 Å². The van der Waals surface area contributed by atoms with Crippen LogP contribution in [-0.2, 0) is 20.7 Å². The largest absolute Gasteiger partial charge is 0.491 e. The standard InChI is InChI=1S/C24H38N2O5/c1-16-15-21(31-14-13-29-4)18(3)22-19(16)5-6-20(23(22)27)17(2)24(28)25-7-8-26-9-11-30-12-10-26/h15,17,20,23,27H,5-14H2,1-4H3,(H,25,28)/p+1/t17-,20-,23+/m0/s1. The molecule has 1 heterocycles. The van der Waals surface area contributed by atoms with Crippen molar-refractivity contribution in [3.63, 3.8) is 0 Å². The summed E-state index contributed by atoms with van der Waals surface area (Å²) in [4.78, 5) is 14.3. The summed E-state index contributed by atoms with van der Waals surface area (Å²) in [5, 5.41) is 14.4. The molecule has 7 heteroatoms. The third-order valence-electron chi connectivity index (χ3n) is 6.93. The van der Waals surface area contributed by atoms with Crippen molar-refractivity contribution in [1.29, 1.82) is 0 Å². The summed E-state index contributed by atoms with van der Waals surface area (Å²) in [6, 6.07) is 2.06. The van der Waals surface area contributed by atoms with E-state index >= 15 is 0 Å². The molecule has 0 aromatic heterocycles. The molecule has 31 heavy (non-hydrogen) atoms. The molecule has 1 aliphatic carbocycles. The molecule has 1 fully saturated rings. The van der Waals surface area contributed by atoms with Crippen molar-refractivity contribution in [3.8, 4) is 5.75 Å². The lowest BCUT2D eigenvalue weighted by molar-refractivity contribution is -0.906. The molecule has 1 aromatic rings. The number of carbonyl (C=O) groups excluding carboxylic acids is 1. The highest BCUT2D eigenvalue weighted by Gasteiger charge is 2.37. The molecule has 0 unspecified atom stereocenters. The van der Waals surface area contributed by atoms with E-state index in [4.69, 9.17) is 14.2 Å². The molecule has 7 nitrogen and oxygen atoms in total. The average Bonchev–Trinajstić information content (AvgIpc) is 2.77. The monoisotopic (exact) mass is 435 g/mol. The molecule has 1 saturated heterocycles. The van der Waals surface area contributed by atoms with Gasteiger partial charge < -0.3 is 29.5 Å². The normalized spacial score (nSPS) is 22.6. The van der Waals surface area contributed by atoms with E-state index in [0.717, 1.165) is 68.1 Å². The van der Waals surface area contributed by atoms with Crippen LogP contribution in [-0.4, -0.2) is 70.7 Å². The van der Waals surface area contributed by atoms with Crippen LogP contribution in [0.2, 0.25) is 0 Å². The van der Waals surface area contributed by atoms with Gasteiger partial charge in [-0.05, 0) is 55.0 Å². The van der Waals surface area contributed by atoms with Gasteiger partial charge in [0.05, 0.1) is 39.0 Å². The summed E-state index contributed by atoms with van der Waals surface area (Å²) in [5.41, 5.74) is 4.25. The van der Waals surface area contributed by atoms with Gasteiger partial charge in [-0.1, -0.05) is 6.92 Å². The zero-order chi connectivity index (χ0) is 22.4. The SMILES string of the molecule is COCCOc1cc(C)c2c(c1C)[C@H](O)[C@H]([C@H](C)C(=O)NCC[NH+]1CCOCC1)CC2. The number of aliphatic hydroxyl groups excluding tert-OH is 1. The second kappa shape index (κ2) is 11.3. The van der Waals surface area contributed by atoms with Gasteiger partial charge in [0, 0.05) is 18.9 Å². The summed E-state index contributed by atoms with van der Waals surface area (Å²) in [5.74, 6) is 0.469. The Morgan fingerprint density at radius 3 is 2.77 bits per heavy atom. The van der Waals surface area contributed by atoms with Gasteiger partial charge in [-0.3, -0.25) is 4.79 Å². The lowest BCUT2D eigenvalue weighted by Gasteiger charge is -2.36. The fraction of sp³-hybridized carbons (Fsp3) is 0.708. The van der Waals surface area contributed by atoms with Crippen LogP contribution in [0.5, 0.6) is 5.75 Å². The number of hydrogen-bond donors (Lipinski definition) is 3. The van der Waals surface area contributed by atoms with Crippen molar-refractivity contribution in [3.05, 3.63) is 28.3 Å². The molecule has 0 spiro atoms. The predicted octanol–water partition coefficient (Wildman–Crippen LogP) is 0.592. The first-order valence-corrected chi connectivity index (χ1v) is 11.6. The summed E-state index contributed by atoms with van der Waals surface area (Å²) in [6.07, 6.45) is 1.01. The number of carbonyl (C=O) groups is 1. The fourth-order valence-corrected chi connectivity index (χ4v) is 4.91. The van der Waals surface area contributed by atoms with Crippen LogP contribution in [0.25, 0.3) is 0 Å². The van der Waals surface area contributed by atoms with E-state index in [2.05, 4.69) is 18.3 Å². The molecular formula is C24H39N2O5+. The van der Waals surface area contributed by atoms with Crippen LogP contribution in [0.4, 0.5) is 0 Å². The van der Waals surface area contributed by atoms with Crippen LogP contribution >= 0.6 is 0 Å². The van der Waals surface area contributed by atoms with Gasteiger partial charge in [0.15, 0.2) is 0 Å². The Morgan fingerprint density at radius 2 is 2.06 bits per heavy atom. The molecule has 1 amide bonds. The van der Waals surface area contributed by atoms with Crippen LogP contribution in [0.3, 0.4) is 0 Å². The number of morpholine rings is 1. The van der Waals surface area contributed by atoms with Crippen LogP contribution in [0.15, 0.2) is 6.07 Å². The summed E-state index contributed by atoms with van der Waals surface area (Å²) in [6.45, 7) is 12.2. The van der Waals surface area contributed by atoms with Crippen LogP contribution in [0.1, 0.15) is 41.7 Å². The minimum atomic E-state index is -0.668. The zero-order valence-corrected chi connectivity index (χ0v) is 19.5. The lowest BCUT2D eigenvalue weighted by atomic mass is 9.72. The van der Waals surface area contributed by atoms with Gasteiger partial charge in [0.2, 0.25) is 5.91 Å². The fourth-order valence-electron chi connectivity index (χ4n) is 4.91. The number of nitrogens with one attached hydrogen (secondary N) is 2. The van der Waals surface area contributed by atoms with Gasteiger partial charge in [-0.25, -0.2) is 0 Å². The molecular weight excluding hydrogens is 396 g/mol. The Kier molecular flexibility index (Phi) is 8.72. The molecule has 3 atom stereocenters. The van der Waals surface area contributed by atoms with Crippen molar-refractivity contribution in [2.24, 2.45) is 11.8 Å². The lowest BCUT2D eigenvalue weighted by Crippen LogP contribution is -3.14. The quantitative estimate of drug-likeness (QED) is 0.495. The number of quaternary nitrogens is 1. The minimum Gasteiger partial charge on any atom is -0.491 e. The smallest absolute Gasteiger partial charge is 0.223 e. The third-order valence-corrected chi connectivity index (χ3v) is 6.93. The summed E-state index contributed by atoms with van der Waals surface area (Å²) >= 11 is 0. The highest BCUT2D eigenvalue weighted by Crippen LogP contribution is 2.43. The average molecular weight is 436 g/mol. The zero-order valence-electron chi connectivity index (χ0n) is 19.5. The van der Waals surface area contributed by atoms with E-state index in [1.165, 1.54) is 10.5 Å². The molecule has 1 aromatic carbocycles. The first-order valence-electron chi connectivity index (χ1n) is 11.6. The molecule has 3 rings (SSSR count). The summed E-state index contributed by atoms with van der Waals surface area (Å²) < 4.78 is 16.4. The highest BCUT2D eigenvalue weighted by molar-refractivity contribution is 5.78. The van der Waals surface area contributed by atoms with Gasteiger partial charge in [0.25, 0.3) is 0 Å². The van der Waals surface area contributed by atoms with E-state index in [-0.39, 0.29) is 17.7 Å². The van der Waals surface area contributed by atoms with E-state index in [9.17, 15) is 9.90 Å². The van der Waals surface area contributed by atoms with Crippen LogP contribution < -0.4 is 15.0 Å². The van der Waals surface area contributed by atoms with Crippen molar-refractivity contribution >= 4 is 5.91 Å². The molecule has 2 aliphatic rings. The van der Waals surface area contributed by atoms with Gasteiger partial charge in [-0.15, -0.1) is 0 Å². The molecule has 1 aliphatic heterocycles. The molecule has 174 valence electrons. The van der Waals surface area contributed by atoms with E-state index in [1.807, 2.05) is 13.8 Å². The number of aryl methyl sites for hydroxylation is 1. The Hall–Kier alpha value is -1.67. The number of methoxy groups -OCH3 is 1. The summed E-state index contributed by atoms with van der Waals surface area (Å²) in [7, 11) is 1.65. The molecule has 3 N–H and O–H groups in total. The molecule has 0 bridgehead atoms. The van der Waals surface area contributed by atoms with Crippen LogP contribution in [0, 0.1) is 25.7 Å². The van der Waals surface area contributed by atoms with Crippen molar-refractivity contribution in [2.45, 2.75) is 39.7 Å². The number of benzene rings is 1. The van der Waals surface area contributed by atoms with E-state index in [0.29, 0.717) is 19.8 Å². The second-order valence-corrected chi connectivity index (χ2v) is 8.89. The second-order valence-electron chi connectivity index (χ2n) is 8.89. The maximum absolute atomic E-state index is 12.8. The Labute approximate surface area is 186 Å². The first kappa shape index (κ1) is 24.0. The number of rotatable bonds is 9. The Bertz CT molecular complexity index is 748. The molecule has 0 radical (unpaired) electrons. The Balaban J connectivity index is 1.64. The van der Waals surface area contributed by atoms with E-state index < -0.39 is 6.10 Å². The number of hydrogen-bond acceptors (Lipinski definition) is 5. The van der Waals surface area contributed by atoms with E-state index in [1.54, 1.807) is 7.11 Å². The first-order chi connectivity index (χ1) is 14.9. The predicted molar refractivity (Wildman–Crippen MR) is 119 cm³/mol. The number of amides is 1. The Morgan fingerprint density at radius 1 is 1.32 bits per heavy atom. The number of ether oxygens (including phenoxy) is 3. The maximum atomic E-state index is 12.8. The van der Waals surface area contributed by atoms with Crippen molar-refractivity contribution in [2.75, 3.05) is 59.7 Å². The number of fused-ring (bicyclic) bond motifs is 1.